The molecule has 138 valence electrons. The van der Waals surface area contributed by atoms with Crippen LogP contribution in [0.1, 0.15) is 31.7 Å². The Morgan fingerprint density at radius 2 is 1.69 bits per heavy atom. The maximum atomic E-state index is 12.6. The van der Waals surface area contributed by atoms with Crippen molar-refractivity contribution >= 4 is 17.3 Å². The number of benzene rings is 2. The number of piperidine rings is 1. The smallest absolute Gasteiger partial charge is 0.241 e. The number of hydrogen-bond donors (Lipinski definition) is 1. The van der Waals surface area contributed by atoms with Crippen molar-refractivity contribution in [1.82, 2.24) is 4.90 Å². The number of rotatable bonds is 6. The number of nitrogens with one attached hydrogen (secondary N) is 1. The molecule has 4 heteroatoms. The molecule has 1 aliphatic heterocycles. The van der Waals surface area contributed by atoms with E-state index in [1.807, 2.05) is 44.3 Å². The Labute approximate surface area is 156 Å². The standard InChI is InChI=1S/C22H29N3O/c1-18(22(26)23-20-12-5-3-6-13-20)24(2)17-19-11-7-8-14-21(19)25-15-9-4-10-16-25/h3,5-8,11-14,18H,4,9-10,15-17H2,1-2H3,(H,23,26). The van der Waals surface area contributed by atoms with E-state index in [1.54, 1.807) is 0 Å². The van der Waals surface area contributed by atoms with Crippen LogP contribution in [0.15, 0.2) is 54.6 Å². The fourth-order valence-electron chi connectivity index (χ4n) is 3.46. The number of carbonyl (C=O) groups is 1. The Morgan fingerprint density at radius 1 is 1.04 bits per heavy atom. The lowest BCUT2D eigenvalue weighted by Gasteiger charge is -2.32. The fraction of sp³-hybridized carbons (Fsp3) is 0.409. The quantitative estimate of drug-likeness (QED) is 0.850. The van der Waals surface area contributed by atoms with Crippen LogP contribution >= 0.6 is 0 Å². The zero-order valence-corrected chi connectivity index (χ0v) is 15.8. The van der Waals surface area contributed by atoms with Crippen molar-refractivity contribution in [2.24, 2.45) is 0 Å². The normalized spacial score (nSPS) is 15.7. The molecule has 1 unspecified atom stereocenters. The summed E-state index contributed by atoms with van der Waals surface area (Å²) in [6.45, 7) is 4.98. The van der Waals surface area contributed by atoms with Crippen molar-refractivity contribution in [3.8, 4) is 0 Å². The molecule has 26 heavy (non-hydrogen) atoms. The lowest BCUT2D eigenvalue weighted by molar-refractivity contribution is -0.120. The van der Waals surface area contributed by atoms with Gasteiger partial charge in [0.15, 0.2) is 0 Å². The van der Waals surface area contributed by atoms with E-state index in [9.17, 15) is 4.79 Å². The second-order valence-corrected chi connectivity index (χ2v) is 7.12. The number of hydrogen-bond acceptors (Lipinski definition) is 3. The van der Waals surface area contributed by atoms with Crippen molar-refractivity contribution in [2.45, 2.75) is 38.8 Å². The Balaban J connectivity index is 1.65. The van der Waals surface area contributed by atoms with Crippen LogP contribution in [0, 0.1) is 0 Å². The van der Waals surface area contributed by atoms with Gasteiger partial charge >= 0.3 is 0 Å². The van der Waals surface area contributed by atoms with Crippen LogP contribution in [0.25, 0.3) is 0 Å². The molecule has 4 nitrogen and oxygen atoms in total. The Kier molecular flexibility index (Phi) is 6.29. The highest BCUT2D eigenvalue weighted by Gasteiger charge is 2.20. The minimum Gasteiger partial charge on any atom is -0.371 e. The number of nitrogens with zero attached hydrogens (tertiary/aromatic N) is 2. The Hall–Kier alpha value is -2.33. The molecule has 0 radical (unpaired) electrons. The summed E-state index contributed by atoms with van der Waals surface area (Å²) in [5, 5.41) is 3.00. The number of anilines is 2. The van der Waals surface area contributed by atoms with Crippen LogP contribution < -0.4 is 10.2 Å². The maximum Gasteiger partial charge on any atom is 0.241 e. The molecule has 2 aromatic rings. The summed E-state index contributed by atoms with van der Waals surface area (Å²) in [6.07, 6.45) is 3.86. The summed E-state index contributed by atoms with van der Waals surface area (Å²) in [6, 6.07) is 18.0. The number of carbonyl (C=O) groups excluding carboxylic acids is 1. The van der Waals surface area contributed by atoms with Gasteiger partial charge in [0.25, 0.3) is 0 Å². The highest BCUT2D eigenvalue weighted by atomic mass is 16.2. The second kappa shape index (κ2) is 8.86. The summed E-state index contributed by atoms with van der Waals surface area (Å²) in [7, 11) is 2.02. The molecule has 1 saturated heterocycles. The Bertz CT molecular complexity index is 710. The zero-order chi connectivity index (χ0) is 18.4. The van der Waals surface area contributed by atoms with Crippen LogP contribution in [-0.2, 0) is 11.3 Å². The summed E-state index contributed by atoms with van der Waals surface area (Å²) < 4.78 is 0. The van der Waals surface area contributed by atoms with E-state index < -0.39 is 0 Å². The van der Waals surface area contributed by atoms with Gasteiger partial charge in [0.2, 0.25) is 5.91 Å². The average molecular weight is 351 g/mol. The molecule has 0 spiro atoms. The maximum absolute atomic E-state index is 12.6. The molecule has 0 aromatic heterocycles. The van der Waals surface area contributed by atoms with Gasteiger partial charge in [-0.2, -0.15) is 0 Å². The lowest BCUT2D eigenvalue weighted by atomic mass is 10.1. The number of likely N-dealkylation sites (N-methyl/N-ethyl adjacent to an activating group) is 1. The van der Waals surface area contributed by atoms with E-state index in [-0.39, 0.29) is 11.9 Å². The highest BCUT2D eigenvalue weighted by molar-refractivity contribution is 5.94. The van der Waals surface area contributed by atoms with Gasteiger partial charge < -0.3 is 10.2 Å². The van der Waals surface area contributed by atoms with Gasteiger partial charge in [-0.3, -0.25) is 9.69 Å². The summed E-state index contributed by atoms with van der Waals surface area (Å²) in [5.41, 5.74) is 3.44. The van der Waals surface area contributed by atoms with E-state index >= 15 is 0 Å². The Morgan fingerprint density at radius 3 is 2.42 bits per heavy atom. The third-order valence-corrected chi connectivity index (χ3v) is 5.19. The first-order valence-electron chi connectivity index (χ1n) is 9.54. The average Bonchev–Trinajstić information content (AvgIpc) is 2.69. The van der Waals surface area contributed by atoms with Crippen LogP contribution in [0.5, 0.6) is 0 Å². The minimum absolute atomic E-state index is 0.0224. The first kappa shape index (κ1) is 18.5. The third kappa shape index (κ3) is 4.64. The predicted molar refractivity (Wildman–Crippen MR) is 109 cm³/mol. The predicted octanol–water partition coefficient (Wildman–Crippen LogP) is 4.14. The SMILES string of the molecule is CC(C(=O)Nc1ccccc1)N(C)Cc1ccccc1N1CCCCC1. The second-order valence-electron chi connectivity index (χ2n) is 7.12. The van der Waals surface area contributed by atoms with E-state index in [0.717, 1.165) is 25.3 Å². The molecule has 1 amide bonds. The topological polar surface area (TPSA) is 35.6 Å². The van der Waals surface area contributed by atoms with E-state index in [4.69, 9.17) is 0 Å². The molecule has 0 aliphatic carbocycles. The van der Waals surface area contributed by atoms with Gasteiger partial charge in [0, 0.05) is 31.0 Å². The molecule has 0 saturated carbocycles. The first-order chi connectivity index (χ1) is 12.6. The van der Waals surface area contributed by atoms with Crippen molar-refractivity contribution in [3.63, 3.8) is 0 Å². The molecule has 3 rings (SSSR count). The summed E-state index contributed by atoms with van der Waals surface area (Å²) in [4.78, 5) is 17.2. The van der Waals surface area contributed by atoms with Crippen LogP contribution in [0.2, 0.25) is 0 Å². The molecular weight excluding hydrogens is 322 g/mol. The minimum atomic E-state index is -0.204. The van der Waals surface area contributed by atoms with E-state index in [1.165, 1.54) is 30.5 Å². The van der Waals surface area contributed by atoms with Crippen molar-refractivity contribution in [1.29, 1.82) is 0 Å². The highest BCUT2D eigenvalue weighted by Crippen LogP contribution is 2.25. The molecule has 1 aliphatic rings. The number of para-hydroxylation sites is 2. The van der Waals surface area contributed by atoms with Crippen LogP contribution in [-0.4, -0.2) is 37.0 Å². The summed E-state index contributed by atoms with van der Waals surface area (Å²) in [5.74, 6) is 0.0224. The third-order valence-electron chi connectivity index (χ3n) is 5.19. The molecule has 1 N–H and O–H groups in total. The first-order valence-corrected chi connectivity index (χ1v) is 9.54. The zero-order valence-electron chi connectivity index (χ0n) is 15.8. The van der Waals surface area contributed by atoms with Crippen molar-refractivity contribution < 1.29 is 4.79 Å². The molecule has 2 aromatic carbocycles. The van der Waals surface area contributed by atoms with Crippen molar-refractivity contribution in [2.75, 3.05) is 30.4 Å². The van der Waals surface area contributed by atoms with Gasteiger partial charge in [-0.05, 0) is 57.0 Å². The molecule has 0 bridgehead atoms. The van der Waals surface area contributed by atoms with Crippen LogP contribution in [0.4, 0.5) is 11.4 Å². The molecule has 1 atom stereocenters. The van der Waals surface area contributed by atoms with Gasteiger partial charge in [-0.1, -0.05) is 36.4 Å². The lowest BCUT2D eigenvalue weighted by Crippen LogP contribution is -2.39. The van der Waals surface area contributed by atoms with Gasteiger partial charge in [0.1, 0.15) is 0 Å². The number of amides is 1. The van der Waals surface area contributed by atoms with E-state index in [0.29, 0.717) is 0 Å². The van der Waals surface area contributed by atoms with Crippen molar-refractivity contribution in [3.05, 3.63) is 60.2 Å². The largest absolute Gasteiger partial charge is 0.371 e. The molecular formula is C22H29N3O. The molecule has 1 heterocycles. The van der Waals surface area contributed by atoms with Crippen LogP contribution in [0.3, 0.4) is 0 Å². The fourth-order valence-corrected chi connectivity index (χ4v) is 3.46. The monoisotopic (exact) mass is 351 g/mol. The van der Waals surface area contributed by atoms with Gasteiger partial charge in [0.05, 0.1) is 6.04 Å². The van der Waals surface area contributed by atoms with Gasteiger partial charge in [-0.25, -0.2) is 0 Å². The van der Waals surface area contributed by atoms with Gasteiger partial charge in [-0.15, -0.1) is 0 Å². The van der Waals surface area contributed by atoms with E-state index in [2.05, 4.69) is 39.4 Å². The molecule has 1 fully saturated rings. The summed E-state index contributed by atoms with van der Waals surface area (Å²) >= 11 is 0.